The Balaban J connectivity index is 1.78. The van der Waals surface area contributed by atoms with E-state index >= 15 is 0 Å². The molecular formula is C16H18N2S2. The van der Waals surface area contributed by atoms with E-state index in [9.17, 15) is 0 Å². The Kier molecular flexibility index (Phi) is 3.87. The van der Waals surface area contributed by atoms with E-state index in [2.05, 4.69) is 53.8 Å². The minimum atomic E-state index is 0.358. The van der Waals surface area contributed by atoms with Gasteiger partial charge in [0.1, 0.15) is 5.01 Å². The van der Waals surface area contributed by atoms with Gasteiger partial charge in [-0.25, -0.2) is 4.98 Å². The maximum absolute atomic E-state index is 4.50. The second kappa shape index (κ2) is 5.64. The van der Waals surface area contributed by atoms with Crippen LogP contribution in [0.1, 0.15) is 34.1 Å². The fourth-order valence-electron chi connectivity index (χ4n) is 2.42. The smallest absolute Gasteiger partial charge is 0.107 e. The minimum absolute atomic E-state index is 0.358. The lowest BCUT2D eigenvalue weighted by Crippen LogP contribution is -2.17. The number of benzene rings is 1. The first-order chi connectivity index (χ1) is 9.65. The molecule has 1 N–H and O–H groups in total. The van der Waals surface area contributed by atoms with Crippen LogP contribution >= 0.6 is 22.7 Å². The summed E-state index contributed by atoms with van der Waals surface area (Å²) in [6.07, 6.45) is 0. The highest BCUT2D eigenvalue weighted by Gasteiger charge is 2.14. The van der Waals surface area contributed by atoms with Gasteiger partial charge < -0.3 is 5.32 Å². The predicted octanol–water partition coefficient (Wildman–Crippen LogP) is 4.83. The van der Waals surface area contributed by atoms with E-state index in [4.69, 9.17) is 0 Å². The molecule has 0 amide bonds. The fraction of sp³-hybridized carbons (Fsp3) is 0.312. The van der Waals surface area contributed by atoms with Crippen LogP contribution in [0.15, 0.2) is 29.6 Å². The van der Waals surface area contributed by atoms with Crippen molar-refractivity contribution in [3.8, 4) is 0 Å². The normalized spacial score (nSPS) is 12.9. The first kappa shape index (κ1) is 13.7. The van der Waals surface area contributed by atoms with Crippen molar-refractivity contribution in [3.63, 3.8) is 0 Å². The van der Waals surface area contributed by atoms with Crippen LogP contribution in [0.5, 0.6) is 0 Å². The Morgan fingerprint density at radius 2 is 2.05 bits per heavy atom. The number of aromatic nitrogens is 1. The third-order valence-corrected chi connectivity index (χ3v) is 5.92. The van der Waals surface area contributed by atoms with Gasteiger partial charge in [-0.1, -0.05) is 18.2 Å². The maximum atomic E-state index is 4.50. The Morgan fingerprint density at radius 1 is 1.25 bits per heavy atom. The van der Waals surface area contributed by atoms with E-state index in [0.717, 1.165) is 17.2 Å². The van der Waals surface area contributed by atoms with E-state index in [1.165, 1.54) is 20.5 Å². The van der Waals surface area contributed by atoms with Gasteiger partial charge >= 0.3 is 0 Å². The Hall–Kier alpha value is -1.23. The molecule has 1 unspecified atom stereocenters. The van der Waals surface area contributed by atoms with Crippen molar-refractivity contribution in [2.75, 3.05) is 0 Å². The summed E-state index contributed by atoms with van der Waals surface area (Å²) in [4.78, 5) is 5.93. The number of nitrogens with zero attached hydrogens (tertiary/aromatic N) is 1. The third kappa shape index (κ3) is 2.64. The molecule has 0 bridgehead atoms. The number of hydrogen-bond acceptors (Lipinski definition) is 4. The molecule has 0 aliphatic rings. The van der Waals surface area contributed by atoms with E-state index in [0.29, 0.717) is 6.04 Å². The molecule has 2 nitrogen and oxygen atoms in total. The highest BCUT2D eigenvalue weighted by Crippen LogP contribution is 2.34. The lowest BCUT2D eigenvalue weighted by Gasteiger charge is -2.12. The quantitative estimate of drug-likeness (QED) is 0.747. The molecule has 1 atom stereocenters. The first-order valence-corrected chi connectivity index (χ1v) is 8.47. The summed E-state index contributed by atoms with van der Waals surface area (Å²) in [5.41, 5.74) is 2.51. The van der Waals surface area contributed by atoms with Crippen molar-refractivity contribution in [2.24, 2.45) is 0 Å². The van der Waals surface area contributed by atoms with Crippen LogP contribution in [0.2, 0.25) is 0 Å². The Morgan fingerprint density at radius 3 is 2.75 bits per heavy atom. The van der Waals surface area contributed by atoms with Crippen LogP contribution in [-0.4, -0.2) is 4.98 Å². The average Bonchev–Trinajstić information content (AvgIpc) is 3.01. The number of rotatable bonds is 4. The van der Waals surface area contributed by atoms with E-state index in [1.54, 1.807) is 11.3 Å². The number of thiazole rings is 1. The van der Waals surface area contributed by atoms with Gasteiger partial charge in [0.25, 0.3) is 0 Å². The summed E-state index contributed by atoms with van der Waals surface area (Å²) in [5, 5.41) is 8.23. The molecule has 0 saturated carbocycles. The average molecular weight is 302 g/mol. The van der Waals surface area contributed by atoms with Gasteiger partial charge in [0.2, 0.25) is 0 Å². The molecule has 20 heavy (non-hydrogen) atoms. The zero-order valence-electron chi connectivity index (χ0n) is 11.9. The SMILES string of the molecule is Cc1csc(CNC(C)c2sc3ccccc3c2C)n1. The molecule has 4 heteroatoms. The molecule has 3 rings (SSSR count). The standard InChI is InChI=1S/C16H18N2S2/c1-10-9-19-15(18-10)8-17-12(3)16-11(2)13-6-4-5-7-14(13)20-16/h4-7,9,12,17H,8H2,1-3H3. The van der Waals surface area contributed by atoms with Crippen molar-refractivity contribution in [1.29, 1.82) is 0 Å². The van der Waals surface area contributed by atoms with Gasteiger partial charge in [0.15, 0.2) is 0 Å². The Bertz CT molecular complexity index is 727. The molecule has 0 aliphatic carbocycles. The fourth-order valence-corrected chi connectivity index (χ4v) is 4.38. The number of aryl methyl sites for hydroxylation is 2. The highest BCUT2D eigenvalue weighted by atomic mass is 32.1. The van der Waals surface area contributed by atoms with Gasteiger partial charge in [-0.3, -0.25) is 0 Å². The van der Waals surface area contributed by atoms with E-state index in [-0.39, 0.29) is 0 Å². The number of thiophene rings is 1. The molecule has 3 aromatic rings. The van der Waals surface area contributed by atoms with Gasteiger partial charge in [-0.15, -0.1) is 22.7 Å². The predicted molar refractivity (Wildman–Crippen MR) is 88.7 cm³/mol. The van der Waals surface area contributed by atoms with Gasteiger partial charge in [-0.05, 0) is 37.8 Å². The number of nitrogens with one attached hydrogen (secondary N) is 1. The number of fused-ring (bicyclic) bond motifs is 1. The van der Waals surface area contributed by atoms with Crippen molar-refractivity contribution < 1.29 is 0 Å². The van der Waals surface area contributed by atoms with Crippen molar-refractivity contribution in [1.82, 2.24) is 10.3 Å². The monoisotopic (exact) mass is 302 g/mol. The summed E-state index contributed by atoms with van der Waals surface area (Å²) < 4.78 is 1.37. The summed E-state index contributed by atoms with van der Waals surface area (Å²) in [7, 11) is 0. The third-order valence-electron chi connectivity index (χ3n) is 3.50. The Labute approximate surface area is 127 Å². The summed E-state index contributed by atoms with van der Waals surface area (Å²) in [6, 6.07) is 8.99. The van der Waals surface area contributed by atoms with Gasteiger partial charge in [-0.2, -0.15) is 0 Å². The molecular weight excluding hydrogens is 284 g/mol. The molecule has 1 aromatic carbocycles. The molecule has 0 aliphatic heterocycles. The lowest BCUT2D eigenvalue weighted by molar-refractivity contribution is 0.579. The summed E-state index contributed by atoms with van der Waals surface area (Å²) >= 11 is 3.62. The van der Waals surface area contributed by atoms with Gasteiger partial charge in [0.05, 0.1) is 0 Å². The second-order valence-electron chi connectivity index (χ2n) is 5.07. The van der Waals surface area contributed by atoms with Crippen LogP contribution in [0, 0.1) is 13.8 Å². The largest absolute Gasteiger partial charge is 0.303 e. The zero-order chi connectivity index (χ0) is 14.1. The van der Waals surface area contributed by atoms with Crippen LogP contribution in [0.25, 0.3) is 10.1 Å². The molecule has 104 valence electrons. The van der Waals surface area contributed by atoms with Crippen LogP contribution in [0.4, 0.5) is 0 Å². The first-order valence-electron chi connectivity index (χ1n) is 6.77. The van der Waals surface area contributed by atoms with Crippen LogP contribution in [-0.2, 0) is 6.54 Å². The minimum Gasteiger partial charge on any atom is -0.303 e. The molecule has 0 radical (unpaired) electrons. The lowest BCUT2D eigenvalue weighted by atomic mass is 10.1. The topological polar surface area (TPSA) is 24.9 Å². The molecule has 0 spiro atoms. The molecule has 0 saturated heterocycles. The van der Waals surface area contributed by atoms with E-state index in [1.807, 2.05) is 18.3 Å². The number of hydrogen-bond donors (Lipinski definition) is 1. The van der Waals surface area contributed by atoms with E-state index < -0.39 is 0 Å². The van der Waals surface area contributed by atoms with Crippen molar-refractivity contribution >= 4 is 32.8 Å². The second-order valence-corrected chi connectivity index (χ2v) is 7.10. The van der Waals surface area contributed by atoms with Crippen molar-refractivity contribution in [2.45, 2.75) is 33.4 Å². The van der Waals surface area contributed by atoms with Crippen LogP contribution < -0.4 is 5.32 Å². The molecule has 0 fully saturated rings. The van der Waals surface area contributed by atoms with Crippen molar-refractivity contribution in [3.05, 3.63) is 50.8 Å². The zero-order valence-corrected chi connectivity index (χ0v) is 13.6. The summed E-state index contributed by atoms with van der Waals surface area (Å²) in [6.45, 7) is 7.34. The molecule has 2 aromatic heterocycles. The summed E-state index contributed by atoms with van der Waals surface area (Å²) in [5.74, 6) is 0. The maximum Gasteiger partial charge on any atom is 0.107 e. The highest BCUT2D eigenvalue weighted by molar-refractivity contribution is 7.19. The van der Waals surface area contributed by atoms with Gasteiger partial charge in [0, 0.05) is 33.2 Å². The molecule has 2 heterocycles. The van der Waals surface area contributed by atoms with Crippen LogP contribution in [0.3, 0.4) is 0 Å².